The second kappa shape index (κ2) is 6.22. The van der Waals surface area contributed by atoms with Crippen LogP contribution in [0, 0.1) is 46.3 Å². The maximum Gasteiger partial charge on any atom is 0.171 e. The Balaban J connectivity index is 1.30. The molecule has 0 N–H and O–H groups in total. The molecule has 0 aromatic rings. The van der Waals surface area contributed by atoms with E-state index in [1.807, 2.05) is 0 Å². The van der Waals surface area contributed by atoms with Crippen LogP contribution in [0.3, 0.4) is 0 Å². The van der Waals surface area contributed by atoms with E-state index >= 15 is 0 Å². The van der Waals surface area contributed by atoms with Crippen LogP contribution >= 0.6 is 0 Å². The fraction of sp³-hybridized carbons (Fsp3) is 0.852. The highest BCUT2D eigenvalue weighted by molar-refractivity contribution is 5.34. The summed E-state index contributed by atoms with van der Waals surface area (Å²) in [6.07, 6.45) is 18.3. The first-order valence-electron chi connectivity index (χ1n) is 12.6. The van der Waals surface area contributed by atoms with Crippen LogP contribution in [0.5, 0.6) is 0 Å². The molecule has 0 unspecified atom stereocenters. The predicted octanol–water partition coefficient (Wildman–Crippen LogP) is 6.52. The van der Waals surface area contributed by atoms with Crippen LogP contribution in [0.1, 0.15) is 79.1 Å². The van der Waals surface area contributed by atoms with Crippen LogP contribution < -0.4 is 0 Å². The van der Waals surface area contributed by atoms with E-state index in [1.54, 1.807) is 5.57 Å². The third-order valence-electron chi connectivity index (χ3n) is 10.9. The minimum atomic E-state index is -0.271. The molecule has 2 aliphatic heterocycles. The first kappa shape index (κ1) is 19.1. The number of fused-ring (bicyclic) bond motifs is 7. The van der Waals surface area contributed by atoms with E-state index in [-0.39, 0.29) is 5.79 Å². The second-order valence-corrected chi connectivity index (χ2v) is 12.1. The van der Waals surface area contributed by atoms with Crippen molar-refractivity contribution >= 4 is 0 Å². The standard InChI is InChI=1S/C27H40O2/c1-17-10-14-27(28-16-17)18(2)24-23(29-27)15-22-20-9-8-19-7-5-6-12-25(19,3)21(20)11-13-26(22,24)4/h5,7-8,17-18,20-24H,6,9-16H2,1-4H3/t17-,18+,20-,21+,22+,23-,24-,25+,26+,27-/m1/s1. The van der Waals surface area contributed by atoms with E-state index < -0.39 is 0 Å². The SMILES string of the molecule is C[C@@H]1CC[C@@]2(OC1)O[C@@H]1C[C@H]3[C@@H]4CC=C5C=CCC[C@]5(C)[C@H]4CC[C@]3(C)[C@@H]1[C@@H]2C. The first-order chi connectivity index (χ1) is 13.9. The Labute approximate surface area is 177 Å². The van der Waals surface area contributed by atoms with E-state index in [4.69, 9.17) is 9.47 Å². The van der Waals surface area contributed by atoms with Gasteiger partial charge in [0.1, 0.15) is 0 Å². The third kappa shape index (κ3) is 2.42. The van der Waals surface area contributed by atoms with E-state index in [2.05, 4.69) is 45.9 Å². The highest BCUT2D eigenvalue weighted by Crippen LogP contribution is 2.70. The van der Waals surface area contributed by atoms with Crippen LogP contribution in [0.25, 0.3) is 0 Å². The summed E-state index contributed by atoms with van der Waals surface area (Å²) in [7, 11) is 0. The summed E-state index contributed by atoms with van der Waals surface area (Å²) in [5.74, 6) is 4.20. The van der Waals surface area contributed by atoms with Gasteiger partial charge >= 0.3 is 0 Å². The van der Waals surface area contributed by atoms with Gasteiger partial charge in [-0.15, -0.1) is 0 Å². The number of ether oxygens (including phenoxy) is 2. The van der Waals surface area contributed by atoms with Gasteiger partial charge in [-0.1, -0.05) is 45.9 Å². The van der Waals surface area contributed by atoms with Crippen molar-refractivity contribution in [2.45, 2.75) is 91.0 Å². The summed E-state index contributed by atoms with van der Waals surface area (Å²) in [5.41, 5.74) is 2.51. The monoisotopic (exact) mass is 396 g/mol. The van der Waals surface area contributed by atoms with Crippen molar-refractivity contribution in [2.24, 2.45) is 46.3 Å². The third-order valence-corrected chi connectivity index (χ3v) is 10.9. The predicted molar refractivity (Wildman–Crippen MR) is 116 cm³/mol. The van der Waals surface area contributed by atoms with Crippen molar-refractivity contribution in [3.63, 3.8) is 0 Å². The number of hydrogen-bond acceptors (Lipinski definition) is 2. The van der Waals surface area contributed by atoms with Crippen molar-refractivity contribution in [1.82, 2.24) is 0 Å². The molecule has 4 aliphatic carbocycles. The van der Waals surface area contributed by atoms with Gasteiger partial charge in [0.05, 0.1) is 12.7 Å². The fourth-order valence-corrected chi connectivity index (χ4v) is 9.32. The molecule has 160 valence electrons. The molecule has 1 spiro atoms. The molecule has 2 saturated carbocycles. The smallest absolute Gasteiger partial charge is 0.171 e. The molecule has 0 radical (unpaired) electrons. The zero-order chi connectivity index (χ0) is 20.0. The molecule has 2 heteroatoms. The van der Waals surface area contributed by atoms with Gasteiger partial charge in [-0.3, -0.25) is 0 Å². The highest BCUT2D eigenvalue weighted by Gasteiger charge is 2.68. The second-order valence-electron chi connectivity index (χ2n) is 12.1. The van der Waals surface area contributed by atoms with Gasteiger partial charge in [0.2, 0.25) is 0 Å². The lowest BCUT2D eigenvalue weighted by molar-refractivity contribution is -0.272. The maximum atomic E-state index is 6.89. The van der Waals surface area contributed by atoms with Crippen molar-refractivity contribution in [1.29, 1.82) is 0 Å². The van der Waals surface area contributed by atoms with Gasteiger partial charge in [-0.25, -0.2) is 0 Å². The summed E-state index contributed by atoms with van der Waals surface area (Å²) < 4.78 is 13.4. The zero-order valence-corrected chi connectivity index (χ0v) is 19.0. The molecule has 4 fully saturated rings. The van der Waals surface area contributed by atoms with Gasteiger partial charge in [0.15, 0.2) is 5.79 Å². The van der Waals surface area contributed by atoms with Crippen molar-refractivity contribution < 1.29 is 9.47 Å². The van der Waals surface area contributed by atoms with Crippen molar-refractivity contribution in [2.75, 3.05) is 6.61 Å². The lowest BCUT2D eigenvalue weighted by Crippen LogP contribution is -2.51. The quantitative estimate of drug-likeness (QED) is 0.464. The molecule has 2 saturated heterocycles. The topological polar surface area (TPSA) is 18.5 Å². The van der Waals surface area contributed by atoms with Gasteiger partial charge in [-0.05, 0) is 90.9 Å². The summed E-state index contributed by atoms with van der Waals surface area (Å²) in [4.78, 5) is 0. The summed E-state index contributed by atoms with van der Waals surface area (Å²) in [6.45, 7) is 10.9. The minimum Gasteiger partial charge on any atom is -0.349 e. The van der Waals surface area contributed by atoms with Gasteiger partial charge in [0.25, 0.3) is 0 Å². The van der Waals surface area contributed by atoms with E-state index in [0.29, 0.717) is 34.7 Å². The van der Waals surface area contributed by atoms with Crippen LogP contribution in [0.15, 0.2) is 23.8 Å². The van der Waals surface area contributed by atoms with Crippen LogP contribution in [0.2, 0.25) is 0 Å². The Bertz CT molecular complexity index is 744. The summed E-state index contributed by atoms with van der Waals surface area (Å²) >= 11 is 0. The minimum absolute atomic E-state index is 0.271. The van der Waals surface area contributed by atoms with E-state index in [0.717, 1.165) is 30.8 Å². The normalized spacial score (nSPS) is 58.3. The number of hydrogen-bond donors (Lipinski definition) is 0. The van der Waals surface area contributed by atoms with Crippen LogP contribution in [0.4, 0.5) is 0 Å². The molecule has 2 nitrogen and oxygen atoms in total. The van der Waals surface area contributed by atoms with Gasteiger partial charge in [0, 0.05) is 12.3 Å². The Morgan fingerprint density at radius 1 is 1.03 bits per heavy atom. The van der Waals surface area contributed by atoms with Crippen molar-refractivity contribution in [3.05, 3.63) is 23.8 Å². The molecule has 0 aromatic carbocycles. The Hall–Kier alpha value is -0.600. The molecule has 29 heavy (non-hydrogen) atoms. The fourth-order valence-electron chi connectivity index (χ4n) is 9.32. The maximum absolute atomic E-state index is 6.89. The molecule has 6 rings (SSSR count). The molecule has 2 heterocycles. The van der Waals surface area contributed by atoms with E-state index in [1.165, 1.54) is 44.9 Å². The zero-order valence-electron chi connectivity index (χ0n) is 19.0. The Morgan fingerprint density at radius 2 is 1.90 bits per heavy atom. The molecular weight excluding hydrogens is 356 g/mol. The summed E-state index contributed by atoms with van der Waals surface area (Å²) in [6, 6.07) is 0. The van der Waals surface area contributed by atoms with Crippen molar-refractivity contribution in [3.8, 4) is 0 Å². The molecule has 0 aromatic heterocycles. The molecule has 0 bridgehead atoms. The van der Waals surface area contributed by atoms with Gasteiger partial charge < -0.3 is 9.47 Å². The van der Waals surface area contributed by atoms with Crippen LogP contribution in [-0.4, -0.2) is 18.5 Å². The van der Waals surface area contributed by atoms with E-state index in [9.17, 15) is 0 Å². The Kier molecular flexibility index (Phi) is 4.10. The molecule has 6 aliphatic rings. The lowest BCUT2D eigenvalue weighted by Gasteiger charge is -2.57. The van der Waals surface area contributed by atoms with Crippen LogP contribution in [-0.2, 0) is 9.47 Å². The average Bonchev–Trinajstić information content (AvgIpc) is 3.15. The largest absolute Gasteiger partial charge is 0.349 e. The lowest BCUT2D eigenvalue weighted by atomic mass is 9.47. The number of rotatable bonds is 0. The molecule has 0 amide bonds. The molecule has 10 atom stereocenters. The Morgan fingerprint density at radius 3 is 2.69 bits per heavy atom. The number of allylic oxidation sites excluding steroid dienone is 4. The average molecular weight is 397 g/mol. The summed E-state index contributed by atoms with van der Waals surface area (Å²) in [5, 5.41) is 0. The molecular formula is C27H40O2. The highest BCUT2D eigenvalue weighted by atomic mass is 16.7. The first-order valence-corrected chi connectivity index (χ1v) is 12.6. The van der Waals surface area contributed by atoms with Gasteiger partial charge in [-0.2, -0.15) is 0 Å².